The molecule has 1 unspecified atom stereocenters. The molecule has 0 bridgehead atoms. The summed E-state index contributed by atoms with van der Waals surface area (Å²) in [6, 6.07) is 7.23. The maximum absolute atomic E-state index is 11.9. The summed E-state index contributed by atoms with van der Waals surface area (Å²) in [5.74, 6) is 1.09. The van der Waals surface area contributed by atoms with Crippen molar-refractivity contribution in [2.45, 2.75) is 31.7 Å². The summed E-state index contributed by atoms with van der Waals surface area (Å²) in [5.41, 5.74) is 5.50. The second-order valence-corrected chi connectivity index (χ2v) is 5.88. The summed E-state index contributed by atoms with van der Waals surface area (Å²) in [5, 5.41) is 3.58. The van der Waals surface area contributed by atoms with E-state index in [9.17, 15) is 4.79 Å². The van der Waals surface area contributed by atoms with E-state index in [0.717, 1.165) is 12.8 Å². The molecule has 1 aromatic rings. The average molecular weight is 333 g/mol. The number of hydrogen-bond donors (Lipinski definition) is 2. The van der Waals surface area contributed by atoms with E-state index in [4.69, 9.17) is 22.1 Å². The lowest BCUT2D eigenvalue weighted by Crippen LogP contribution is -2.53. The fourth-order valence-corrected chi connectivity index (χ4v) is 2.43. The van der Waals surface area contributed by atoms with Crippen molar-refractivity contribution >= 4 is 29.9 Å². The van der Waals surface area contributed by atoms with Gasteiger partial charge in [-0.05, 0) is 37.8 Å². The van der Waals surface area contributed by atoms with Crippen LogP contribution in [-0.4, -0.2) is 24.6 Å². The van der Waals surface area contributed by atoms with E-state index in [1.165, 1.54) is 0 Å². The zero-order chi connectivity index (χ0) is 14.6. The van der Waals surface area contributed by atoms with Gasteiger partial charge in [0.1, 0.15) is 5.75 Å². The van der Waals surface area contributed by atoms with Crippen molar-refractivity contribution in [1.29, 1.82) is 0 Å². The van der Waals surface area contributed by atoms with Gasteiger partial charge in [0, 0.05) is 6.54 Å². The molecule has 21 heavy (non-hydrogen) atoms. The number of ether oxygens (including phenoxy) is 1. The summed E-state index contributed by atoms with van der Waals surface area (Å²) in [6.45, 7) is 2.78. The molecule has 1 aliphatic carbocycles. The van der Waals surface area contributed by atoms with E-state index in [-0.39, 0.29) is 23.9 Å². The van der Waals surface area contributed by atoms with Gasteiger partial charge in [-0.15, -0.1) is 12.4 Å². The van der Waals surface area contributed by atoms with Crippen molar-refractivity contribution in [3.63, 3.8) is 0 Å². The normalized spacial score (nSPS) is 16.5. The number of para-hydroxylation sites is 1. The topological polar surface area (TPSA) is 64.3 Å². The highest BCUT2D eigenvalue weighted by molar-refractivity contribution is 6.32. The molecular formula is C15H22Cl2N2O2. The van der Waals surface area contributed by atoms with E-state index in [1.54, 1.807) is 12.1 Å². The van der Waals surface area contributed by atoms with Crippen LogP contribution in [0, 0.1) is 5.92 Å². The number of carbonyl (C=O) groups is 1. The maximum Gasteiger partial charge on any atom is 0.223 e. The number of amides is 1. The Bertz CT molecular complexity index is 480. The minimum Gasteiger partial charge on any atom is -0.491 e. The van der Waals surface area contributed by atoms with Gasteiger partial charge in [-0.25, -0.2) is 0 Å². The molecule has 1 aliphatic rings. The van der Waals surface area contributed by atoms with Crippen LogP contribution in [0.25, 0.3) is 0 Å². The first-order valence-corrected chi connectivity index (χ1v) is 7.31. The monoisotopic (exact) mass is 332 g/mol. The third kappa shape index (κ3) is 5.06. The molecule has 0 saturated heterocycles. The van der Waals surface area contributed by atoms with Crippen LogP contribution in [0.15, 0.2) is 24.3 Å². The molecule has 1 atom stereocenters. The molecule has 1 fully saturated rings. The number of halogens is 2. The molecule has 6 heteroatoms. The molecular weight excluding hydrogens is 311 g/mol. The van der Waals surface area contributed by atoms with Gasteiger partial charge in [0.25, 0.3) is 0 Å². The Morgan fingerprint density at radius 2 is 2.14 bits per heavy atom. The first kappa shape index (κ1) is 18.1. The predicted octanol–water partition coefficient (Wildman–Crippen LogP) is 2.77. The molecule has 0 aromatic heterocycles. The predicted molar refractivity (Wildman–Crippen MR) is 87.1 cm³/mol. The molecule has 1 aromatic carbocycles. The second kappa shape index (κ2) is 7.87. The number of hydrogen-bond acceptors (Lipinski definition) is 3. The third-order valence-corrected chi connectivity index (χ3v) is 4.06. The van der Waals surface area contributed by atoms with Crippen LogP contribution in [-0.2, 0) is 4.79 Å². The van der Waals surface area contributed by atoms with E-state index in [0.29, 0.717) is 36.3 Å². The number of benzene rings is 1. The van der Waals surface area contributed by atoms with Crippen LogP contribution in [0.5, 0.6) is 5.75 Å². The summed E-state index contributed by atoms with van der Waals surface area (Å²) in [7, 11) is 0. The molecule has 0 radical (unpaired) electrons. The molecule has 4 nitrogen and oxygen atoms in total. The van der Waals surface area contributed by atoms with Crippen molar-refractivity contribution in [3.05, 3.63) is 29.3 Å². The lowest BCUT2D eigenvalue weighted by Gasteiger charge is -2.29. The Morgan fingerprint density at radius 3 is 2.71 bits per heavy atom. The van der Waals surface area contributed by atoms with Gasteiger partial charge < -0.3 is 15.8 Å². The zero-order valence-corrected chi connectivity index (χ0v) is 13.7. The van der Waals surface area contributed by atoms with Crippen LogP contribution in [0.2, 0.25) is 5.02 Å². The lowest BCUT2D eigenvalue weighted by molar-refractivity contribution is -0.123. The minimum atomic E-state index is -0.276. The number of carbonyl (C=O) groups excluding carboxylic acids is 1. The van der Waals surface area contributed by atoms with Crippen molar-refractivity contribution in [3.8, 4) is 5.75 Å². The van der Waals surface area contributed by atoms with Gasteiger partial charge in [-0.3, -0.25) is 4.79 Å². The van der Waals surface area contributed by atoms with Crippen LogP contribution >= 0.6 is 24.0 Å². The number of nitrogens with one attached hydrogen (secondary N) is 1. The second-order valence-electron chi connectivity index (χ2n) is 5.47. The fourth-order valence-electron chi connectivity index (χ4n) is 2.24. The highest BCUT2D eigenvalue weighted by atomic mass is 35.5. The first-order chi connectivity index (χ1) is 9.55. The quantitative estimate of drug-likeness (QED) is 0.806. The van der Waals surface area contributed by atoms with Gasteiger partial charge in [0.2, 0.25) is 5.91 Å². The molecule has 1 amide bonds. The largest absolute Gasteiger partial charge is 0.491 e. The smallest absolute Gasteiger partial charge is 0.223 e. The fraction of sp³-hybridized carbons (Fsp3) is 0.533. The van der Waals surface area contributed by atoms with Crippen molar-refractivity contribution < 1.29 is 9.53 Å². The number of nitrogens with two attached hydrogens (primary N) is 1. The summed E-state index contributed by atoms with van der Waals surface area (Å²) in [4.78, 5) is 11.9. The van der Waals surface area contributed by atoms with Crippen LogP contribution in [0.1, 0.15) is 26.2 Å². The Labute approximate surface area is 136 Å². The van der Waals surface area contributed by atoms with Crippen LogP contribution in [0.4, 0.5) is 0 Å². The number of rotatable bonds is 7. The summed E-state index contributed by atoms with van der Waals surface area (Å²) >= 11 is 5.98. The van der Waals surface area contributed by atoms with Crippen molar-refractivity contribution in [1.82, 2.24) is 5.32 Å². The van der Waals surface area contributed by atoms with E-state index in [2.05, 4.69) is 5.32 Å². The minimum absolute atomic E-state index is 0. The van der Waals surface area contributed by atoms with Gasteiger partial charge in [-0.2, -0.15) is 0 Å². The maximum atomic E-state index is 11.9. The van der Waals surface area contributed by atoms with Crippen molar-refractivity contribution in [2.24, 2.45) is 11.7 Å². The highest BCUT2D eigenvalue weighted by Gasteiger charge is 2.41. The Kier molecular flexibility index (Phi) is 6.78. The third-order valence-electron chi connectivity index (χ3n) is 3.75. The van der Waals surface area contributed by atoms with E-state index in [1.807, 2.05) is 19.1 Å². The Balaban J connectivity index is 0.00000220. The van der Waals surface area contributed by atoms with Crippen LogP contribution < -0.4 is 15.8 Å². The molecule has 0 spiro atoms. The summed E-state index contributed by atoms with van der Waals surface area (Å²) < 4.78 is 5.51. The van der Waals surface area contributed by atoms with Crippen LogP contribution in [0.3, 0.4) is 0 Å². The SMILES string of the molecule is CC(CN)(NC(=O)CCOc1ccccc1Cl)C1CC1.Cl. The lowest BCUT2D eigenvalue weighted by atomic mass is 9.96. The molecule has 2 rings (SSSR count). The molecule has 0 heterocycles. The zero-order valence-electron chi connectivity index (χ0n) is 12.1. The van der Waals surface area contributed by atoms with E-state index >= 15 is 0 Å². The molecule has 3 N–H and O–H groups in total. The Morgan fingerprint density at radius 1 is 1.48 bits per heavy atom. The molecule has 0 aliphatic heterocycles. The van der Waals surface area contributed by atoms with Crippen molar-refractivity contribution in [2.75, 3.05) is 13.2 Å². The molecule has 1 saturated carbocycles. The standard InChI is InChI=1S/C15H21ClN2O2.ClH/c1-15(10-17,11-6-7-11)18-14(19)8-9-20-13-5-3-2-4-12(13)16;/h2-5,11H,6-10,17H2,1H3,(H,18,19);1H. The summed E-state index contributed by atoms with van der Waals surface area (Å²) in [6.07, 6.45) is 2.59. The Hall–Kier alpha value is -0.970. The highest BCUT2D eigenvalue weighted by Crippen LogP contribution is 2.38. The van der Waals surface area contributed by atoms with Gasteiger partial charge in [0.15, 0.2) is 0 Å². The van der Waals surface area contributed by atoms with E-state index < -0.39 is 0 Å². The first-order valence-electron chi connectivity index (χ1n) is 6.93. The average Bonchev–Trinajstić information content (AvgIpc) is 3.25. The van der Waals surface area contributed by atoms with Gasteiger partial charge in [-0.1, -0.05) is 23.7 Å². The van der Waals surface area contributed by atoms with Gasteiger partial charge >= 0.3 is 0 Å². The van der Waals surface area contributed by atoms with Gasteiger partial charge in [0.05, 0.1) is 23.6 Å². The molecule has 118 valence electrons.